The first kappa shape index (κ1) is 30.0. The van der Waals surface area contributed by atoms with Gasteiger partial charge in [-0.15, -0.1) is 0 Å². The Kier molecular flexibility index (Phi) is 20.1. The summed E-state index contributed by atoms with van der Waals surface area (Å²) in [7, 11) is 0. The lowest BCUT2D eigenvalue weighted by atomic mass is 10.0. The number of rotatable bonds is 26. The molecular formula is C30H61NO. The van der Waals surface area contributed by atoms with Crippen LogP contribution in [0, 0.1) is 0 Å². The van der Waals surface area contributed by atoms with Crippen molar-refractivity contribution in [3.8, 4) is 0 Å². The number of hydrogen-bond donors (Lipinski definition) is 1. The van der Waals surface area contributed by atoms with Crippen molar-refractivity contribution in [2.45, 2.75) is 187 Å². The Morgan fingerprint density at radius 3 is 1.25 bits per heavy atom. The van der Waals surface area contributed by atoms with Crippen molar-refractivity contribution < 1.29 is 4.74 Å². The topological polar surface area (TPSA) is 24.6 Å². The Morgan fingerprint density at radius 2 is 0.844 bits per heavy atom. The number of epoxide rings is 1. The zero-order chi connectivity index (χ0) is 23.2. The molecule has 1 heterocycles. The molecule has 1 N–H and O–H groups in total. The minimum atomic E-state index is -0.00357. The average Bonchev–Trinajstić information content (AvgIpc) is 3.44. The lowest BCUT2D eigenvalue weighted by Gasteiger charge is -2.10. The van der Waals surface area contributed by atoms with E-state index in [1.807, 2.05) is 0 Å². The Morgan fingerprint density at radius 1 is 0.500 bits per heavy atom. The molecule has 2 atom stereocenters. The van der Waals surface area contributed by atoms with Gasteiger partial charge in [0, 0.05) is 0 Å². The number of nitrogens with one attached hydrogen (secondary N) is 1. The molecule has 1 fully saturated rings. The van der Waals surface area contributed by atoms with Crippen LogP contribution in [-0.4, -0.2) is 18.4 Å². The quantitative estimate of drug-likeness (QED) is 0.104. The van der Waals surface area contributed by atoms with Crippen LogP contribution in [0.15, 0.2) is 0 Å². The van der Waals surface area contributed by atoms with Gasteiger partial charge in [-0.05, 0) is 26.3 Å². The third-order valence-electron chi connectivity index (χ3n) is 7.52. The van der Waals surface area contributed by atoms with Crippen molar-refractivity contribution in [1.82, 2.24) is 5.32 Å². The van der Waals surface area contributed by atoms with Gasteiger partial charge in [0.05, 0.1) is 0 Å². The van der Waals surface area contributed by atoms with Gasteiger partial charge in [-0.1, -0.05) is 155 Å². The van der Waals surface area contributed by atoms with Crippen LogP contribution in [0.25, 0.3) is 0 Å². The Bertz CT molecular complexity index is 385. The van der Waals surface area contributed by atoms with Crippen LogP contribution in [0.1, 0.15) is 175 Å². The third-order valence-corrected chi connectivity index (χ3v) is 7.52. The van der Waals surface area contributed by atoms with Gasteiger partial charge in [0.2, 0.25) is 0 Å². The molecule has 0 radical (unpaired) electrons. The normalized spacial score (nSPS) is 20.2. The molecule has 32 heavy (non-hydrogen) atoms. The van der Waals surface area contributed by atoms with Crippen molar-refractivity contribution in [1.29, 1.82) is 0 Å². The predicted molar refractivity (Wildman–Crippen MR) is 143 cm³/mol. The number of unbranched alkanes of at least 4 members (excludes halogenated alkanes) is 21. The van der Waals surface area contributed by atoms with E-state index in [0.29, 0.717) is 6.10 Å². The fourth-order valence-electron chi connectivity index (χ4n) is 5.05. The Labute approximate surface area is 203 Å². The Hall–Kier alpha value is -0.0800. The summed E-state index contributed by atoms with van der Waals surface area (Å²) in [6, 6.07) is 0. The summed E-state index contributed by atoms with van der Waals surface area (Å²) in [4.78, 5) is 0. The van der Waals surface area contributed by atoms with Crippen molar-refractivity contribution in [3.05, 3.63) is 0 Å². The molecule has 0 saturated carbocycles. The fourth-order valence-corrected chi connectivity index (χ4v) is 5.05. The van der Waals surface area contributed by atoms with E-state index in [2.05, 4.69) is 26.1 Å². The second kappa shape index (κ2) is 21.5. The van der Waals surface area contributed by atoms with Crippen LogP contribution in [0.5, 0.6) is 0 Å². The first-order chi connectivity index (χ1) is 15.7. The van der Waals surface area contributed by atoms with Gasteiger partial charge in [-0.3, -0.25) is 5.32 Å². The second-order valence-electron chi connectivity index (χ2n) is 10.9. The molecular weight excluding hydrogens is 390 g/mol. The van der Waals surface area contributed by atoms with Gasteiger partial charge >= 0.3 is 0 Å². The van der Waals surface area contributed by atoms with Crippen molar-refractivity contribution in [3.63, 3.8) is 0 Å². The molecule has 0 aliphatic carbocycles. The monoisotopic (exact) mass is 451 g/mol. The molecule has 1 rings (SSSR count). The van der Waals surface area contributed by atoms with Crippen LogP contribution in [0.4, 0.5) is 0 Å². The van der Waals surface area contributed by atoms with E-state index in [1.54, 1.807) is 0 Å². The van der Waals surface area contributed by atoms with Gasteiger partial charge in [-0.2, -0.15) is 0 Å². The predicted octanol–water partition coefficient (Wildman–Crippen LogP) is 10.1. The molecule has 0 spiro atoms. The van der Waals surface area contributed by atoms with Gasteiger partial charge in [0.1, 0.15) is 11.8 Å². The van der Waals surface area contributed by atoms with Gasteiger partial charge in [0.15, 0.2) is 0 Å². The molecule has 2 unspecified atom stereocenters. The smallest absolute Gasteiger partial charge is 0.143 e. The van der Waals surface area contributed by atoms with Crippen molar-refractivity contribution in [2.24, 2.45) is 0 Å². The van der Waals surface area contributed by atoms with E-state index in [9.17, 15) is 0 Å². The molecule has 0 aromatic carbocycles. The van der Waals surface area contributed by atoms with Crippen LogP contribution >= 0.6 is 0 Å². The molecule has 0 aromatic rings. The first-order valence-corrected chi connectivity index (χ1v) is 15.2. The van der Waals surface area contributed by atoms with Gasteiger partial charge in [0.25, 0.3) is 0 Å². The minimum Gasteiger partial charge on any atom is -0.351 e. The van der Waals surface area contributed by atoms with Crippen LogP contribution < -0.4 is 5.32 Å². The summed E-state index contributed by atoms with van der Waals surface area (Å²) in [5, 5.41) is 3.68. The van der Waals surface area contributed by atoms with Gasteiger partial charge in [-0.25, -0.2) is 0 Å². The van der Waals surface area contributed by atoms with Crippen LogP contribution in [0.3, 0.4) is 0 Å². The summed E-state index contributed by atoms with van der Waals surface area (Å²) in [6.07, 6.45) is 34.4. The molecule has 1 aliphatic rings. The highest BCUT2D eigenvalue weighted by Crippen LogP contribution is 2.37. The maximum atomic E-state index is 5.99. The summed E-state index contributed by atoms with van der Waals surface area (Å²) >= 11 is 0. The zero-order valence-corrected chi connectivity index (χ0v) is 22.7. The maximum Gasteiger partial charge on any atom is 0.143 e. The summed E-state index contributed by atoms with van der Waals surface area (Å²) in [5.41, 5.74) is -0.00357. The summed E-state index contributed by atoms with van der Waals surface area (Å²) in [5.74, 6) is 0. The fraction of sp³-hybridized carbons (Fsp3) is 1.00. The van der Waals surface area contributed by atoms with E-state index in [-0.39, 0.29) is 5.72 Å². The highest BCUT2D eigenvalue weighted by atomic mass is 16.6. The van der Waals surface area contributed by atoms with E-state index >= 15 is 0 Å². The van der Waals surface area contributed by atoms with Crippen molar-refractivity contribution >= 4 is 0 Å². The highest BCUT2D eigenvalue weighted by Gasteiger charge is 2.50. The maximum absolute atomic E-state index is 5.99. The number of ether oxygens (including phenoxy) is 1. The van der Waals surface area contributed by atoms with E-state index in [4.69, 9.17) is 4.74 Å². The standard InChI is InChI=1S/C30H61NO/c1-4-6-8-10-12-14-16-17-18-19-21-23-25-27-29-30(3,32-29)31-28-26-24-22-20-15-13-11-9-7-5-2/h29,31H,4-28H2,1-3H3. The molecule has 0 amide bonds. The summed E-state index contributed by atoms with van der Waals surface area (Å²) in [6.45, 7) is 7.98. The van der Waals surface area contributed by atoms with E-state index in [0.717, 1.165) is 6.54 Å². The van der Waals surface area contributed by atoms with Crippen molar-refractivity contribution in [2.75, 3.05) is 6.54 Å². The average molecular weight is 452 g/mol. The van der Waals surface area contributed by atoms with Crippen LogP contribution in [0.2, 0.25) is 0 Å². The summed E-state index contributed by atoms with van der Waals surface area (Å²) < 4.78 is 5.99. The molecule has 192 valence electrons. The first-order valence-electron chi connectivity index (χ1n) is 15.2. The molecule has 0 aromatic heterocycles. The lowest BCUT2D eigenvalue weighted by molar-refractivity contribution is 0.265. The molecule has 1 aliphatic heterocycles. The van der Waals surface area contributed by atoms with Crippen LogP contribution in [-0.2, 0) is 4.74 Å². The zero-order valence-electron chi connectivity index (χ0n) is 22.7. The largest absolute Gasteiger partial charge is 0.351 e. The highest BCUT2D eigenvalue weighted by molar-refractivity contribution is 4.96. The Balaban J connectivity index is 1.77. The molecule has 1 saturated heterocycles. The minimum absolute atomic E-state index is 0.00357. The van der Waals surface area contributed by atoms with E-state index < -0.39 is 0 Å². The van der Waals surface area contributed by atoms with Gasteiger partial charge < -0.3 is 4.74 Å². The molecule has 2 heteroatoms. The molecule has 0 bridgehead atoms. The second-order valence-corrected chi connectivity index (χ2v) is 10.9. The third kappa shape index (κ3) is 17.4. The SMILES string of the molecule is CCCCCCCCCCCCCCCC1OC1(C)NCCCCCCCCCCCC. The number of hydrogen-bond acceptors (Lipinski definition) is 2. The lowest BCUT2D eigenvalue weighted by Crippen LogP contribution is -2.32. The molecule has 2 nitrogen and oxygen atoms in total. The van der Waals surface area contributed by atoms with E-state index in [1.165, 1.54) is 154 Å².